The minimum absolute atomic E-state index is 0.203. The highest BCUT2D eigenvalue weighted by Crippen LogP contribution is 2.35. The number of fused-ring (bicyclic) bond motifs is 1. The van der Waals surface area contributed by atoms with Crippen LogP contribution in [0.4, 0.5) is 5.82 Å². The van der Waals surface area contributed by atoms with Crippen LogP contribution in [0.1, 0.15) is 18.1 Å². The third-order valence-corrected chi connectivity index (χ3v) is 3.74. The van der Waals surface area contributed by atoms with Crippen LogP contribution in [0.3, 0.4) is 0 Å². The van der Waals surface area contributed by atoms with Crippen LogP contribution < -0.4 is 15.2 Å². The molecule has 20 heavy (non-hydrogen) atoms. The second-order valence-electron chi connectivity index (χ2n) is 4.94. The van der Waals surface area contributed by atoms with Gasteiger partial charge in [-0.3, -0.25) is 0 Å². The number of aromatic nitrogens is 2. The third-order valence-electron chi connectivity index (χ3n) is 3.45. The van der Waals surface area contributed by atoms with Crippen molar-refractivity contribution >= 4 is 17.4 Å². The number of nitrogens with zero attached hydrogens (tertiary/aromatic N) is 2. The fraction of sp³-hybridized carbons (Fsp3) is 0.357. The standard InChI is InChI=1S/C14H16ClN3O2/c1-8-3-9-4-12(19-2)10(5-13(9)20-8)7-18-14(16)11(15)6-17-18/h4-6,8H,3,7,16H2,1-2H3. The second-order valence-corrected chi connectivity index (χ2v) is 5.35. The first-order valence-electron chi connectivity index (χ1n) is 6.41. The third kappa shape index (κ3) is 2.18. The molecule has 6 heteroatoms. The van der Waals surface area contributed by atoms with E-state index < -0.39 is 0 Å². The fourth-order valence-electron chi connectivity index (χ4n) is 2.45. The highest BCUT2D eigenvalue weighted by Gasteiger charge is 2.22. The van der Waals surface area contributed by atoms with Gasteiger partial charge in [-0.25, -0.2) is 4.68 Å². The Kier molecular flexibility index (Phi) is 3.22. The first-order valence-corrected chi connectivity index (χ1v) is 6.79. The monoisotopic (exact) mass is 293 g/mol. The van der Waals surface area contributed by atoms with E-state index in [1.807, 2.05) is 12.1 Å². The molecule has 1 unspecified atom stereocenters. The summed E-state index contributed by atoms with van der Waals surface area (Å²) in [5.41, 5.74) is 8.01. The summed E-state index contributed by atoms with van der Waals surface area (Å²) in [6, 6.07) is 4.02. The minimum Gasteiger partial charge on any atom is -0.496 e. The number of nitrogen functional groups attached to an aromatic ring is 1. The normalized spacial score (nSPS) is 16.9. The van der Waals surface area contributed by atoms with E-state index in [1.165, 1.54) is 11.8 Å². The van der Waals surface area contributed by atoms with Crippen molar-refractivity contribution in [3.63, 3.8) is 0 Å². The van der Waals surface area contributed by atoms with E-state index in [0.29, 0.717) is 17.4 Å². The smallest absolute Gasteiger partial charge is 0.140 e. The Hall–Kier alpha value is -1.88. The second kappa shape index (κ2) is 4.90. The molecule has 2 aromatic rings. The zero-order valence-electron chi connectivity index (χ0n) is 11.4. The lowest BCUT2D eigenvalue weighted by Crippen LogP contribution is -2.07. The van der Waals surface area contributed by atoms with Gasteiger partial charge in [0.05, 0.1) is 19.9 Å². The van der Waals surface area contributed by atoms with Gasteiger partial charge in [-0.05, 0) is 19.1 Å². The van der Waals surface area contributed by atoms with E-state index in [9.17, 15) is 0 Å². The highest BCUT2D eigenvalue weighted by molar-refractivity contribution is 6.32. The Morgan fingerprint density at radius 3 is 3.00 bits per heavy atom. The molecule has 0 saturated carbocycles. The average Bonchev–Trinajstić information content (AvgIpc) is 2.93. The van der Waals surface area contributed by atoms with Crippen LogP contribution in [0.2, 0.25) is 5.02 Å². The minimum atomic E-state index is 0.203. The molecule has 0 amide bonds. The van der Waals surface area contributed by atoms with Gasteiger partial charge in [0, 0.05) is 17.5 Å². The number of benzene rings is 1. The molecule has 0 radical (unpaired) electrons. The molecular weight excluding hydrogens is 278 g/mol. The van der Waals surface area contributed by atoms with Crippen molar-refractivity contribution in [1.82, 2.24) is 9.78 Å². The molecule has 2 heterocycles. The summed E-state index contributed by atoms with van der Waals surface area (Å²) in [5, 5.41) is 4.61. The van der Waals surface area contributed by atoms with Crippen molar-refractivity contribution < 1.29 is 9.47 Å². The topological polar surface area (TPSA) is 62.3 Å². The molecule has 0 aliphatic carbocycles. The maximum Gasteiger partial charge on any atom is 0.140 e. The molecule has 3 rings (SSSR count). The zero-order valence-corrected chi connectivity index (χ0v) is 12.1. The molecule has 1 atom stereocenters. The lowest BCUT2D eigenvalue weighted by molar-refractivity contribution is 0.254. The van der Waals surface area contributed by atoms with Crippen LogP contribution in [0.25, 0.3) is 0 Å². The summed E-state index contributed by atoms with van der Waals surface area (Å²) in [6.07, 6.45) is 2.64. The van der Waals surface area contributed by atoms with Crippen molar-refractivity contribution in [1.29, 1.82) is 0 Å². The van der Waals surface area contributed by atoms with Gasteiger partial charge in [0.2, 0.25) is 0 Å². The van der Waals surface area contributed by atoms with Crippen molar-refractivity contribution in [3.8, 4) is 11.5 Å². The van der Waals surface area contributed by atoms with E-state index >= 15 is 0 Å². The van der Waals surface area contributed by atoms with Crippen molar-refractivity contribution in [3.05, 3.63) is 34.5 Å². The Balaban J connectivity index is 1.97. The van der Waals surface area contributed by atoms with Gasteiger partial charge in [-0.15, -0.1) is 0 Å². The van der Waals surface area contributed by atoms with Crippen molar-refractivity contribution in [2.45, 2.75) is 26.0 Å². The molecule has 2 N–H and O–H groups in total. The van der Waals surface area contributed by atoms with Gasteiger partial charge in [0.15, 0.2) is 0 Å². The summed E-state index contributed by atoms with van der Waals surface area (Å²) >= 11 is 5.92. The number of nitrogens with two attached hydrogens (primary N) is 1. The molecule has 1 aliphatic heterocycles. The van der Waals surface area contributed by atoms with Gasteiger partial charge in [0.25, 0.3) is 0 Å². The molecule has 1 aromatic carbocycles. The Labute approximate surface area is 122 Å². The first kappa shape index (κ1) is 13.1. The molecule has 0 bridgehead atoms. The lowest BCUT2D eigenvalue weighted by Gasteiger charge is -2.12. The van der Waals surface area contributed by atoms with E-state index in [4.69, 9.17) is 26.8 Å². The molecule has 106 valence electrons. The van der Waals surface area contributed by atoms with Crippen LogP contribution in [0, 0.1) is 0 Å². The van der Waals surface area contributed by atoms with Crippen LogP contribution in [-0.4, -0.2) is 23.0 Å². The predicted octanol–water partition coefficient (Wildman–Crippen LogP) is 2.50. The quantitative estimate of drug-likeness (QED) is 0.944. The van der Waals surface area contributed by atoms with Gasteiger partial charge in [-0.2, -0.15) is 5.10 Å². The zero-order chi connectivity index (χ0) is 14.3. The number of hydrogen-bond donors (Lipinski definition) is 1. The SMILES string of the molecule is COc1cc2c(cc1Cn1ncc(Cl)c1N)OC(C)C2. The van der Waals surface area contributed by atoms with Crippen LogP contribution in [0.5, 0.6) is 11.5 Å². The number of halogens is 1. The Bertz CT molecular complexity index is 654. The van der Waals surface area contributed by atoms with E-state index in [-0.39, 0.29) is 6.10 Å². The van der Waals surface area contributed by atoms with Gasteiger partial charge in [0.1, 0.15) is 28.4 Å². The summed E-state index contributed by atoms with van der Waals surface area (Å²) < 4.78 is 12.9. The maximum absolute atomic E-state index is 5.92. The number of hydrogen-bond acceptors (Lipinski definition) is 4. The van der Waals surface area contributed by atoms with Crippen LogP contribution in [0.15, 0.2) is 18.3 Å². The summed E-state index contributed by atoms with van der Waals surface area (Å²) in [4.78, 5) is 0. The predicted molar refractivity (Wildman–Crippen MR) is 77.5 cm³/mol. The molecule has 0 fully saturated rings. The van der Waals surface area contributed by atoms with Crippen molar-refractivity contribution in [2.24, 2.45) is 0 Å². The summed E-state index contributed by atoms with van der Waals surface area (Å²) in [7, 11) is 1.66. The number of methoxy groups -OCH3 is 1. The van der Waals surface area contributed by atoms with Gasteiger partial charge < -0.3 is 15.2 Å². The summed E-state index contributed by atoms with van der Waals surface area (Å²) in [6.45, 7) is 2.55. The molecule has 5 nitrogen and oxygen atoms in total. The molecular formula is C14H16ClN3O2. The maximum atomic E-state index is 5.92. The van der Waals surface area contributed by atoms with E-state index in [1.54, 1.807) is 11.8 Å². The number of ether oxygens (including phenoxy) is 2. The fourth-order valence-corrected chi connectivity index (χ4v) is 2.60. The summed E-state index contributed by atoms with van der Waals surface area (Å²) in [5.74, 6) is 2.17. The molecule has 0 saturated heterocycles. The number of rotatable bonds is 3. The largest absolute Gasteiger partial charge is 0.496 e. The Morgan fingerprint density at radius 2 is 2.35 bits per heavy atom. The van der Waals surface area contributed by atoms with E-state index in [2.05, 4.69) is 12.0 Å². The molecule has 1 aromatic heterocycles. The van der Waals surface area contributed by atoms with Crippen LogP contribution in [-0.2, 0) is 13.0 Å². The lowest BCUT2D eigenvalue weighted by atomic mass is 10.1. The van der Waals surface area contributed by atoms with Gasteiger partial charge in [-0.1, -0.05) is 11.6 Å². The Morgan fingerprint density at radius 1 is 1.55 bits per heavy atom. The molecule has 1 aliphatic rings. The molecule has 0 spiro atoms. The first-order chi connectivity index (χ1) is 9.58. The van der Waals surface area contributed by atoms with E-state index in [0.717, 1.165) is 23.5 Å². The highest BCUT2D eigenvalue weighted by atomic mass is 35.5. The van der Waals surface area contributed by atoms with Crippen molar-refractivity contribution in [2.75, 3.05) is 12.8 Å². The van der Waals surface area contributed by atoms with Crippen LogP contribution >= 0.6 is 11.6 Å². The van der Waals surface area contributed by atoms with Gasteiger partial charge >= 0.3 is 0 Å². The average molecular weight is 294 g/mol. The number of anilines is 1.